The van der Waals surface area contributed by atoms with Crippen LogP contribution in [0.3, 0.4) is 0 Å². The molecule has 0 aliphatic carbocycles. The van der Waals surface area contributed by atoms with E-state index in [9.17, 15) is 8.60 Å². The third-order valence-corrected chi connectivity index (χ3v) is 3.75. The molecule has 2 unspecified atom stereocenters. The molecular weight excluding hydrogens is 281 g/mol. The van der Waals surface area contributed by atoms with Gasteiger partial charge in [0.1, 0.15) is 5.82 Å². The Labute approximate surface area is 120 Å². The monoisotopic (exact) mass is 301 g/mol. The first-order chi connectivity index (χ1) is 9.43. The van der Waals surface area contributed by atoms with Crippen LogP contribution in [-0.2, 0) is 17.3 Å². The standard InChI is InChI=1S/C13H20FN3O2S/c1-9(5-6-20(2)19)16-8-10-3-4-11(14)7-12(10)13(15)17-18/h3-4,7,9,16,18H,5-6,8H2,1-2H3,(H2,15,17). The second-order valence-corrected chi connectivity index (χ2v) is 6.19. The summed E-state index contributed by atoms with van der Waals surface area (Å²) in [6, 6.07) is 4.33. The van der Waals surface area contributed by atoms with E-state index < -0.39 is 16.6 Å². The molecule has 0 spiro atoms. The van der Waals surface area contributed by atoms with Crippen molar-refractivity contribution in [1.29, 1.82) is 0 Å². The highest BCUT2D eigenvalue weighted by Gasteiger charge is 2.10. The molecule has 0 aliphatic rings. The number of amidine groups is 1. The lowest BCUT2D eigenvalue weighted by molar-refractivity contribution is 0.318. The molecule has 0 saturated heterocycles. The normalized spacial score (nSPS) is 15.1. The SMILES string of the molecule is CC(CCS(C)=O)NCc1ccc(F)cc1/C(N)=N/O. The Morgan fingerprint density at radius 3 is 2.90 bits per heavy atom. The fraction of sp³-hybridized carbons (Fsp3) is 0.462. The van der Waals surface area contributed by atoms with Crippen LogP contribution in [0.1, 0.15) is 24.5 Å². The van der Waals surface area contributed by atoms with Crippen molar-refractivity contribution >= 4 is 16.6 Å². The number of halogens is 1. The van der Waals surface area contributed by atoms with E-state index in [4.69, 9.17) is 10.9 Å². The van der Waals surface area contributed by atoms with E-state index in [1.807, 2.05) is 6.92 Å². The fourth-order valence-electron chi connectivity index (χ4n) is 1.72. The molecule has 0 radical (unpaired) electrons. The maximum atomic E-state index is 13.2. The summed E-state index contributed by atoms with van der Waals surface area (Å²) in [4.78, 5) is 0. The van der Waals surface area contributed by atoms with Crippen LogP contribution < -0.4 is 11.1 Å². The van der Waals surface area contributed by atoms with Crippen LogP contribution in [0.4, 0.5) is 4.39 Å². The van der Waals surface area contributed by atoms with Gasteiger partial charge in [0, 0.05) is 41.0 Å². The van der Waals surface area contributed by atoms with Gasteiger partial charge in [0.25, 0.3) is 0 Å². The molecule has 4 N–H and O–H groups in total. The largest absolute Gasteiger partial charge is 0.409 e. The highest BCUT2D eigenvalue weighted by atomic mass is 32.2. The molecule has 0 amide bonds. The van der Waals surface area contributed by atoms with Gasteiger partial charge in [-0.3, -0.25) is 4.21 Å². The van der Waals surface area contributed by atoms with Crippen molar-refractivity contribution in [3.05, 3.63) is 35.1 Å². The van der Waals surface area contributed by atoms with Gasteiger partial charge in [-0.2, -0.15) is 0 Å². The Morgan fingerprint density at radius 1 is 1.60 bits per heavy atom. The van der Waals surface area contributed by atoms with Gasteiger partial charge in [-0.15, -0.1) is 0 Å². The number of oxime groups is 1. The average molecular weight is 301 g/mol. The number of rotatable bonds is 7. The predicted octanol–water partition coefficient (Wildman–Crippen LogP) is 1.17. The Morgan fingerprint density at radius 2 is 2.30 bits per heavy atom. The average Bonchev–Trinajstić information content (AvgIpc) is 2.42. The molecule has 0 fully saturated rings. The van der Waals surface area contributed by atoms with Crippen molar-refractivity contribution in [3.8, 4) is 0 Å². The Bertz CT molecular complexity index is 508. The third-order valence-electron chi connectivity index (χ3n) is 2.93. The summed E-state index contributed by atoms with van der Waals surface area (Å²) in [6.45, 7) is 2.45. The van der Waals surface area contributed by atoms with Gasteiger partial charge < -0.3 is 16.3 Å². The van der Waals surface area contributed by atoms with Gasteiger partial charge >= 0.3 is 0 Å². The van der Waals surface area contributed by atoms with E-state index in [1.54, 1.807) is 12.3 Å². The number of nitrogens with one attached hydrogen (secondary N) is 1. The van der Waals surface area contributed by atoms with Crippen LogP contribution in [0, 0.1) is 5.82 Å². The van der Waals surface area contributed by atoms with Gasteiger partial charge in [0.2, 0.25) is 0 Å². The van der Waals surface area contributed by atoms with E-state index in [-0.39, 0.29) is 11.9 Å². The molecule has 0 aromatic heterocycles. The molecular formula is C13H20FN3O2S. The highest BCUT2D eigenvalue weighted by molar-refractivity contribution is 7.84. The Kier molecular flexibility index (Phi) is 6.60. The van der Waals surface area contributed by atoms with Crippen molar-refractivity contribution in [2.75, 3.05) is 12.0 Å². The molecule has 0 saturated carbocycles. The predicted molar refractivity (Wildman–Crippen MR) is 78.8 cm³/mol. The lowest BCUT2D eigenvalue weighted by Gasteiger charge is -2.15. The van der Waals surface area contributed by atoms with E-state index >= 15 is 0 Å². The Hall–Kier alpha value is -1.47. The highest BCUT2D eigenvalue weighted by Crippen LogP contribution is 2.12. The van der Waals surface area contributed by atoms with Gasteiger partial charge in [-0.1, -0.05) is 11.2 Å². The molecule has 0 heterocycles. The topological polar surface area (TPSA) is 87.7 Å². The van der Waals surface area contributed by atoms with Crippen LogP contribution in [-0.4, -0.2) is 33.3 Å². The van der Waals surface area contributed by atoms with E-state index in [0.29, 0.717) is 17.9 Å². The summed E-state index contributed by atoms with van der Waals surface area (Å²) in [5.74, 6) is 0.0680. The Balaban J connectivity index is 2.70. The summed E-state index contributed by atoms with van der Waals surface area (Å²) in [7, 11) is -0.812. The minimum absolute atomic E-state index is 0.122. The molecule has 1 aromatic carbocycles. The maximum absolute atomic E-state index is 13.2. The molecule has 0 bridgehead atoms. The molecule has 20 heavy (non-hydrogen) atoms. The van der Waals surface area contributed by atoms with Crippen molar-refractivity contribution in [2.24, 2.45) is 10.9 Å². The van der Waals surface area contributed by atoms with Crippen LogP contribution in [0.5, 0.6) is 0 Å². The molecule has 112 valence electrons. The van der Waals surface area contributed by atoms with Gasteiger partial charge in [-0.25, -0.2) is 4.39 Å². The fourth-order valence-corrected chi connectivity index (χ4v) is 2.41. The summed E-state index contributed by atoms with van der Waals surface area (Å²) in [5.41, 5.74) is 6.64. The summed E-state index contributed by atoms with van der Waals surface area (Å²) in [6.07, 6.45) is 2.45. The van der Waals surface area contributed by atoms with Crippen molar-refractivity contribution in [2.45, 2.75) is 25.9 Å². The van der Waals surface area contributed by atoms with Crippen molar-refractivity contribution in [3.63, 3.8) is 0 Å². The number of benzene rings is 1. The maximum Gasteiger partial charge on any atom is 0.170 e. The first-order valence-electron chi connectivity index (χ1n) is 6.23. The number of hydrogen-bond acceptors (Lipinski definition) is 4. The minimum atomic E-state index is -0.812. The van der Waals surface area contributed by atoms with E-state index in [2.05, 4.69) is 10.5 Å². The lowest BCUT2D eigenvalue weighted by Crippen LogP contribution is -2.28. The molecule has 7 heteroatoms. The van der Waals surface area contributed by atoms with Crippen LogP contribution in [0.2, 0.25) is 0 Å². The number of nitrogens with two attached hydrogens (primary N) is 1. The third kappa shape index (κ3) is 5.26. The molecule has 5 nitrogen and oxygen atoms in total. The van der Waals surface area contributed by atoms with E-state index in [0.717, 1.165) is 12.0 Å². The summed E-state index contributed by atoms with van der Waals surface area (Å²) >= 11 is 0. The van der Waals surface area contributed by atoms with Gasteiger partial charge in [0.05, 0.1) is 0 Å². The van der Waals surface area contributed by atoms with E-state index in [1.165, 1.54) is 12.1 Å². The zero-order valence-corrected chi connectivity index (χ0v) is 12.4. The molecule has 1 aromatic rings. The second-order valence-electron chi connectivity index (χ2n) is 4.63. The van der Waals surface area contributed by atoms with Crippen molar-refractivity contribution < 1.29 is 13.8 Å². The first kappa shape index (κ1) is 16.6. The first-order valence-corrected chi connectivity index (χ1v) is 7.96. The molecule has 1 rings (SSSR count). The minimum Gasteiger partial charge on any atom is -0.409 e. The van der Waals surface area contributed by atoms with Crippen LogP contribution in [0.25, 0.3) is 0 Å². The zero-order chi connectivity index (χ0) is 15.1. The van der Waals surface area contributed by atoms with Gasteiger partial charge in [0.15, 0.2) is 5.84 Å². The van der Waals surface area contributed by atoms with Crippen LogP contribution >= 0.6 is 0 Å². The van der Waals surface area contributed by atoms with Gasteiger partial charge in [-0.05, 0) is 31.0 Å². The van der Waals surface area contributed by atoms with Crippen molar-refractivity contribution in [1.82, 2.24) is 5.32 Å². The lowest BCUT2D eigenvalue weighted by atomic mass is 10.1. The summed E-state index contributed by atoms with van der Waals surface area (Å²) < 4.78 is 24.2. The number of hydrogen-bond donors (Lipinski definition) is 3. The smallest absolute Gasteiger partial charge is 0.170 e. The molecule has 0 aliphatic heterocycles. The molecule has 2 atom stereocenters. The zero-order valence-electron chi connectivity index (χ0n) is 11.6. The second kappa shape index (κ2) is 7.96. The van der Waals surface area contributed by atoms with Crippen LogP contribution in [0.15, 0.2) is 23.4 Å². The summed E-state index contributed by atoms with van der Waals surface area (Å²) in [5, 5.41) is 14.9. The quantitative estimate of drug-likeness (QED) is 0.305. The number of nitrogens with zero attached hydrogens (tertiary/aromatic N) is 1.